The van der Waals surface area contributed by atoms with Crippen LogP contribution in [0.4, 0.5) is 0 Å². The number of aromatic amines is 1. The Labute approximate surface area is 122 Å². The van der Waals surface area contributed by atoms with E-state index < -0.39 is 0 Å². The first-order chi connectivity index (χ1) is 10.3. The van der Waals surface area contributed by atoms with Crippen LogP contribution in [0.2, 0.25) is 0 Å². The molecule has 2 aromatic heterocycles. The van der Waals surface area contributed by atoms with Gasteiger partial charge in [0.25, 0.3) is 0 Å². The zero-order chi connectivity index (χ0) is 14.5. The monoisotopic (exact) mass is 280 g/mol. The Kier molecular flexibility index (Phi) is 3.97. The zero-order valence-electron chi connectivity index (χ0n) is 11.6. The number of pyridine rings is 1. The Morgan fingerprint density at radius 2 is 1.86 bits per heavy atom. The van der Waals surface area contributed by atoms with Crippen molar-refractivity contribution in [2.24, 2.45) is 0 Å². The third-order valence-corrected chi connectivity index (χ3v) is 3.28. The first-order valence-electron chi connectivity index (χ1n) is 6.80. The van der Waals surface area contributed by atoms with Gasteiger partial charge in [-0.15, -0.1) is 10.2 Å². The number of tetrazole rings is 1. The van der Waals surface area contributed by atoms with Crippen molar-refractivity contribution in [3.05, 3.63) is 71.8 Å². The molecular formula is C15H16N6. The van der Waals surface area contributed by atoms with E-state index in [2.05, 4.69) is 43.1 Å². The molecular weight excluding hydrogens is 264 g/mol. The maximum absolute atomic E-state index is 4.46. The predicted octanol–water partition coefficient (Wildman–Crippen LogP) is 2.03. The second kappa shape index (κ2) is 6.23. The summed E-state index contributed by atoms with van der Waals surface area (Å²) in [5.41, 5.74) is 2.10. The van der Waals surface area contributed by atoms with Crippen molar-refractivity contribution in [2.45, 2.75) is 19.0 Å². The standard InChI is InChI=1S/C15H16N6/c1-11(15-18-20-21-19-15)17-14(12-7-3-2-4-8-12)13-9-5-6-10-16-13/h2-11,14,17H,1H3,(H,18,19,20,21). The molecule has 0 amide bonds. The predicted molar refractivity (Wildman–Crippen MR) is 78.3 cm³/mol. The molecule has 21 heavy (non-hydrogen) atoms. The Morgan fingerprint density at radius 3 is 2.52 bits per heavy atom. The highest BCUT2D eigenvalue weighted by molar-refractivity contribution is 5.27. The Balaban J connectivity index is 1.90. The lowest BCUT2D eigenvalue weighted by atomic mass is 10.0. The van der Waals surface area contributed by atoms with Gasteiger partial charge in [-0.1, -0.05) is 41.6 Å². The first-order valence-corrected chi connectivity index (χ1v) is 6.80. The normalized spacial score (nSPS) is 13.8. The number of rotatable bonds is 5. The average Bonchev–Trinajstić information content (AvgIpc) is 3.09. The average molecular weight is 280 g/mol. The molecule has 2 heterocycles. The van der Waals surface area contributed by atoms with Crippen molar-refractivity contribution < 1.29 is 0 Å². The first kappa shape index (κ1) is 13.4. The smallest absolute Gasteiger partial charge is 0.191 e. The van der Waals surface area contributed by atoms with Gasteiger partial charge in [-0.2, -0.15) is 5.21 Å². The van der Waals surface area contributed by atoms with E-state index >= 15 is 0 Å². The molecule has 6 heteroatoms. The molecule has 3 aromatic rings. The van der Waals surface area contributed by atoms with Crippen LogP contribution in [0.5, 0.6) is 0 Å². The molecule has 0 saturated carbocycles. The van der Waals surface area contributed by atoms with E-state index in [-0.39, 0.29) is 12.1 Å². The van der Waals surface area contributed by atoms with Crippen molar-refractivity contribution in [2.75, 3.05) is 0 Å². The lowest BCUT2D eigenvalue weighted by molar-refractivity contribution is 0.489. The van der Waals surface area contributed by atoms with Crippen molar-refractivity contribution in [3.63, 3.8) is 0 Å². The van der Waals surface area contributed by atoms with Crippen LogP contribution >= 0.6 is 0 Å². The van der Waals surface area contributed by atoms with Crippen LogP contribution in [-0.4, -0.2) is 25.6 Å². The van der Waals surface area contributed by atoms with Crippen LogP contribution in [0.15, 0.2) is 54.7 Å². The minimum absolute atomic E-state index is 0.0269. The highest BCUT2D eigenvalue weighted by Crippen LogP contribution is 2.23. The van der Waals surface area contributed by atoms with E-state index in [4.69, 9.17) is 0 Å². The number of benzene rings is 1. The summed E-state index contributed by atoms with van der Waals surface area (Å²) in [5, 5.41) is 17.6. The fourth-order valence-corrected chi connectivity index (χ4v) is 2.22. The van der Waals surface area contributed by atoms with Gasteiger partial charge < -0.3 is 0 Å². The maximum Gasteiger partial charge on any atom is 0.191 e. The van der Waals surface area contributed by atoms with Gasteiger partial charge in [0.15, 0.2) is 5.82 Å². The lowest BCUT2D eigenvalue weighted by Gasteiger charge is -2.21. The molecule has 0 spiro atoms. The molecule has 2 atom stereocenters. The van der Waals surface area contributed by atoms with Crippen molar-refractivity contribution >= 4 is 0 Å². The second-order valence-corrected chi connectivity index (χ2v) is 4.76. The molecule has 0 bridgehead atoms. The summed E-state index contributed by atoms with van der Waals surface area (Å²) >= 11 is 0. The van der Waals surface area contributed by atoms with Crippen LogP contribution in [0.25, 0.3) is 0 Å². The van der Waals surface area contributed by atoms with Gasteiger partial charge in [0.05, 0.1) is 17.8 Å². The molecule has 0 saturated heterocycles. The number of hydrogen-bond acceptors (Lipinski definition) is 5. The minimum atomic E-state index is -0.0454. The van der Waals surface area contributed by atoms with Gasteiger partial charge in [0.1, 0.15) is 0 Å². The largest absolute Gasteiger partial charge is 0.295 e. The Hall–Kier alpha value is -2.60. The third-order valence-electron chi connectivity index (χ3n) is 3.28. The number of aromatic nitrogens is 5. The molecule has 0 aliphatic rings. The maximum atomic E-state index is 4.46. The van der Waals surface area contributed by atoms with E-state index in [0.29, 0.717) is 5.82 Å². The van der Waals surface area contributed by atoms with Crippen molar-refractivity contribution in [1.29, 1.82) is 0 Å². The summed E-state index contributed by atoms with van der Waals surface area (Å²) in [6.45, 7) is 2.00. The summed E-state index contributed by atoms with van der Waals surface area (Å²) in [7, 11) is 0. The third kappa shape index (κ3) is 3.11. The van der Waals surface area contributed by atoms with Crippen molar-refractivity contribution in [1.82, 2.24) is 30.9 Å². The van der Waals surface area contributed by atoms with Gasteiger partial charge in [0.2, 0.25) is 0 Å². The molecule has 0 radical (unpaired) electrons. The molecule has 1 aromatic carbocycles. The molecule has 2 unspecified atom stereocenters. The summed E-state index contributed by atoms with van der Waals surface area (Å²) in [6.07, 6.45) is 1.80. The minimum Gasteiger partial charge on any atom is -0.295 e. The van der Waals surface area contributed by atoms with E-state index in [1.807, 2.05) is 43.3 Å². The molecule has 3 rings (SSSR count). The molecule has 0 aliphatic carbocycles. The number of nitrogens with one attached hydrogen (secondary N) is 2. The molecule has 106 valence electrons. The van der Waals surface area contributed by atoms with E-state index in [1.54, 1.807) is 6.20 Å². The Morgan fingerprint density at radius 1 is 1.05 bits per heavy atom. The zero-order valence-corrected chi connectivity index (χ0v) is 11.6. The Bertz CT molecular complexity index is 614. The molecule has 0 aliphatic heterocycles. The fourth-order valence-electron chi connectivity index (χ4n) is 2.22. The summed E-state index contributed by atoms with van der Waals surface area (Å²) in [4.78, 5) is 4.46. The number of H-pyrrole nitrogens is 1. The van der Waals surface area contributed by atoms with Gasteiger partial charge >= 0.3 is 0 Å². The van der Waals surface area contributed by atoms with E-state index in [9.17, 15) is 0 Å². The quantitative estimate of drug-likeness (QED) is 0.747. The molecule has 2 N–H and O–H groups in total. The van der Waals surface area contributed by atoms with Crippen LogP contribution in [-0.2, 0) is 0 Å². The van der Waals surface area contributed by atoms with E-state index in [1.165, 1.54) is 0 Å². The number of nitrogens with zero attached hydrogens (tertiary/aromatic N) is 4. The SMILES string of the molecule is CC(NC(c1ccccc1)c1ccccn1)c1nn[nH]n1. The van der Waals surface area contributed by atoms with Gasteiger partial charge in [-0.05, 0) is 24.6 Å². The van der Waals surface area contributed by atoms with Gasteiger partial charge in [-0.3, -0.25) is 10.3 Å². The summed E-state index contributed by atoms with van der Waals surface area (Å²) in [6, 6.07) is 16.0. The van der Waals surface area contributed by atoms with Crippen LogP contribution in [0, 0.1) is 0 Å². The second-order valence-electron chi connectivity index (χ2n) is 4.76. The van der Waals surface area contributed by atoms with Crippen LogP contribution in [0.3, 0.4) is 0 Å². The topological polar surface area (TPSA) is 79.4 Å². The van der Waals surface area contributed by atoms with Crippen molar-refractivity contribution in [3.8, 4) is 0 Å². The lowest BCUT2D eigenvalue weighted by Crippen LogP contribution is -2.27. The highest BCUT2D eigenvalue weighted by Gasteiger charge is 2.20. The van der Waals surface area contributed by atoms with Gasteiger partial charge in [0, 0.05) is 6.20 Å². The summed E-state index contributed by atoms with van der Waals surface area (Å²) < 4.78 is 0. The molecule has 6 nitrogen and oxygen atoms in total. The van der Waals surface area contributed by atoms with Crippen LogP contribution < -0.4 is 5.32 Å². The van der Waals surface area contributed by atoms with E-state index in [0.717, 1.165) is 11.3 Å². The fraction of sp³-hybridized carbons (Fsp3) is 0.200. The molecule has 0 fully saturated rings. The number of hydrogen-bond donors (Lipinski definition) is 2. The summed E-state index contributed by atoms with van der Waals surface area (Å²) in [5.74, 6) is 0.631. The highest BCUT2D eigenvalue weighted by atomic mass is 15.5. The van der Waals surface area contributed by atoms with Gasteiger partial charge in [-0.25, -0.2) is 0 Å². The van der Waals surface area contributed by atoms with Crippen LogP contribution in [0.1, 0.15) is 36.1 Å².